The summed E-state index contributed by atoms with van der Waals surface area (Å²) in [6, 6.07) is 13.8. The zero-order chi connectivity index (χ0) is 17.8. The highest BCUT2D eigenvalue weighted by molar-refractivity contribution is 5.56. The van der Waals surface area contributed by atoms with Crippen LogP contribution in [0.5, 0.6) is 0 Å². The van der Waals surface area contributed by atoms with Gasteiger partial charge in [-0.1, -0.05) is 23.1 Å². The van der Waals surface area contributed by atoms with Crippen LogP contribution in [0.1, 0.15) is 29.9 Å². The lowest BCUT2D eigenvalue weighted by molar-refractivity contribution is 0.104. The van der Waals surface area contributed by atoms with E-state index in [1.54, 1.807) is 12.1 Å². The Morgan fingerprint density at radius 2 is 1.92 bits per heavy atom. The fraction of sp³-hybridized carbons (Fsp3) is 0.238. The SMILES string of the molecule is Fc1cccc(C#Cc2ccc(-c3noc(CC4CCCO4)n3)cc2)c1. The molecule has 0 N–H and O–H groups in total. The molecule has 130 valence electrons. The molecule has 1 unspecified atom stereocenters. The topological polar surface area (TPSA) is 48.2 Å². The maximum absolute atomic E-state index is 13.2. The first-order valence-electron chi connectivity index (χ1n) is 8.58. The summed E-state index contributed by atoms with van der Waals surface area (Å²) in [5.74, 6) is 6.84. The quantitative estimate of drug-likeness (QED) is 0.672. The van der Waals surface area contributed by atoms with E-state index in [0.717, 1.165) is 30.6 Å². The van der Waals surface area contributed by atoms with Crippen molar-refractivity contribution in [3.05, 3.63) is 71.4 Å². The minimum atomic E-state index is -0.289. The van der Waals surface area contributed by atoms with Gasteiger partial charge in [0.15, 0.2) is 0 Å². The highest BCUT2D eigenvalue weighted by Crippen LogP contribution is 2.20. The highest BCUT2D eigenvalue weighted by Gasteiger charge is 2.19. The van der Waals surface area contributed by atoms with E-state index in [2.05, 4.69) is 22.0 Å². The van der Waals surface area contributed by atoms with Crippen molar-refractivity contribution in [3.63, 3.8) is 0 Å². The van der Waals surface area contributed by atoms with Crippen molar-refractivity contribution in [2.75, 3.05) is 6.61 Å². The van der Waals surface area contributed by atoms with Crippen LogP contribution in [0.2, 0.25) is 0 Å². The molecule has 26 heavy (non-hydrogen) atoms. The zero-order valence-corrected chi connectivity index (χ0v) is 14.1. The van der Waals surface area contributed by atoms with Gasteiger partial charge in [-0.2, -0.15) is 4.98 Å². The van der Waals surface area contributed by atoms with E-state index in [0.29, 0.717) is 23.7 Å². The van der Waals surface area contributed by atoms with E-state index in [-0.39, 0.29) is 11.9 Å². The van der Waals surface area contributed by atoms with Crippen molar-refractivity contribution >= 4 is 0 Å². The van der Waals surface area contributed by atoms with Crippen LogP contribution in [-0.4, -0.2) is 22.9 Å². The van der Waals surface area contributed by atoms with Crippen LogP contribution in [0.4, 0.5) is 4.39 Å². The second-order valence-corrected chi connectivity index (χ2v) is 6.19. The maximum atomic E-state index is 13.2. The van der Waals surface area contributed by atoms with E-state index in [4.69, 9.17) is 9.26 Å². The van der Waals surface area contributed by atoms with Crippen LogP contribution in [-0.2, 0) is 11.2 Å². The summed E-state index contributed by atoms with van der Waals surface area (Å²) in [6.07, 6.45) is 2.97. The third-order valence-corrected chi connectivity index (χ3v) is 4.21. The fourth-order valence-corrected chi connectivity index (χ4v) is 2.87. The molecule has 3 aromatic rings. The summed E-state index contributed by atoms with van der Waals surface area (Å²) in [4.78, 5) is 4.44. The molecule has 0 aliphatic carbocycles. The fourth-order valence-electron chi connectivity index (χ4n) is 2.87. The number of nitrogens with zero attached hydrogens (tertiary/aromatic N) is 2. The maximum Gasteiger partial charge on any atom is 0.229 e. The van der Waals surface area contributed by atoms with Crippen LogP contribution < -0.4 is 0 Å². The van der Waals surface area contributed by atoms with Crippen LogP contribution in [0.25, 0.3) is 11.4 Å². The molecule has 5 heteroatoms. The smallest absolute Gasteiger partial charge is 0.229 e. The standard InChI is InChI=1S/C21H17FN2O2/c22-18-4-1-3-16(13-18)7-6-15-8-10-17(11-9-15)21-23-20(26-24-21)14-19-5-2-12-25-19/h1,3-4,8-11,13,19H,2,5,12,14H2. The summed E-state index contributed by atoms with van der Waals surface area (Å²) in [5.41, 5.74) is 2.34. The van der Waals surface area contributed by atoms with Crippen LogP contribution >= 0.6 is 0 Å². The van der Waals surface area contributed by atoms with Crippen molar-refractivity contribution in [2.45, 2.75) is 25.4 Å². The molecule has 1 aromatic heterocycles. The average molecular weight is 348 g/mol. The first-order chi connectivity index (χ1) is 12.8. The molecular formula is C21H17FN2O2. The summed E-state index contributed by atoms with van der Waals surface area (Å²) in [6.45, 7) is 0.809. The Bertz CT molecular complexity index is 948. The van der Waals surface area contributed by atoms with Gasteiger partial charge in [-0.05, 0) is 55.3 Å². The Morgan fingerprint density at radius 1 is 1.08 bits per heavy atom. The van der Waals surface area contributed by atoms with Crippen LogP contribution in [0, 0.1) is 17.7 Å². The lowest BCUT2D eigenvalue weighted by Gasteiger charge is -2.03. The first-order valence-corrected chi connectivity index (χ1v) is 8.58. The second kappa shape index (κ2) is 7.51. The molecule has 1 fully saturated rings. The number of benzene rings is 2. The normalized spacial score (nSPS) is 16.3. The van der Waals surface area contributed by atoms with E-state index in [1.807, 2.05) is 24.3 Å². The zero-order valence-electron chi connectivity index (χ0n) is 14.1. The number of rotatable bonds is 3. The van der Waals surface area contributed by atoms with Crippen LogP contribution in [0.15, 0.2) is 53.1 Å². The van der Waals surface area contributed by atoms with Gasteiger partial charge in [0.05, 0.1) is 12.5 Å². The van der Waals surface area contributed by atoms with Crippen molar-refractivity contribution in [3.8, 4) is 23.2 Å². The minimum Gasteiger partial charge on any atom is -0.378 e. The summed E-state index contributed by atoms with van der Waals surface area (Å²) >= 11 is 0. The van der Waals surface area contributed by atoms with Gasteiger partial charge < -0.3 is 9.26 Å². The summed E-state index contributed by atoms with van der Waals surface area (Å²) in [5, 5.41) is 4.04. The molecule has 1 aliphatic heterocycles. The van der Waals surface area contributed by atoms with Crippen LogP contribution in [0.3, 0.4) is 0 Å². The van der Waals surface area contributed by atoms with E-state index < -0.39 is 0 Å². The van der Waals surface area contributed by atoms with E-state index in [9.17, 15) is 4.39 Å². The Hall–Kier alpha value is -2.97. The summed E-state index contributed by atoms with van der Waals surface area (Å²) in [7, 11) is 0. The molecule has 0 amide bonds. The minimum absolute atomic E-state index is 0.184. The van der Waals surface area contributed by atoms with Gasteiger partial charge in [-0.25, -0.2) is 4.39 Å². The van der Waals surface area contributed by atoms with Gasteiger partial charge in [0.25, 0.3) is 0 Å². The van der Waals surface area contributed by atoms with Gasteiger partial charge >= 0.3 is 0 Å². The van der Waals surface area contributed by atoms with E-state index >= 15 is 0 Å². The second-order valence-electron chi connectivity index (χ2n) is 6.19. The number of halogens is 1. The molecule has 1 atom stereocenters. The molecule has 0 bridgehead atoms. The van der Waals surface area contributed by atoms with Gasteiger partial charge in [-0.15, -0.1) is 0 Å². The highest BCUT2D eigenvalue weighted by atomic mass is 19.1. The van der Waals surface area contributed by atoms with Crippen molar-refractivity contribution in [2.24, 2.45) is 0 Å². The van der Waals surface area contributed by atoms with Crippen molar-refractivity contribution < 1.29 is 13.7 Å². The van der Waals surface area contributed by atoms with Gasteiger partial charge in [0, 0.05) is 23.3 Å². The predicted molar refractivity (Wildman–Crippen MR) is 94.8 cm³/mol. The van der Waals surface area contributed by atoms with Gasteiger partial charge in [0.1, 0.15) is 5.82 Å². The molecule has 2 aromatic carbocycles. The molecular weight excluding hydrogens is 331 g/mol. The molecule has 0 spiro atoms. The molecule has 2 heterocycles. The monoisotopic (exact) mass is 348 g/mol. The Labute approximate surface area is 151 Å². The average Bonchev–Trinajstić information content (AvgIpc) is 3.33. The lowest BCUT2D eigenvalue weighted by Crippen LogP contribution is -2.08. The molecule has 1 saturated heterocycles. The Balaban J connectivity index is 1.45. The molecule has 1 aliphatic rings. The third kappa shape index (κ3) is 3.98. The number of aromatic nitrogens is 2. The Morgan fingerprint density at radius 3 is 2.69 bits per heavy atom. The first kappa shape index (κ1) is 16.5. The molecule has 4 rings (SSSR count). The van der Waals surface area contributed by atoms with Crippen molar-refractivity contribution in [1.82, 2.24) is 10.1 Å². The Kier molecular flexibility index (Phi) is 4.76. The number of hydrogen-bond donors (Lipinski definition) is 0. The van der Waals surface area contributed by atoms with Gasteiger partial charge in [-0.3, -0.25) is 0 Å². The summed E-state index contributed by atoms with van der Waals surface area (Å²) < 4.78 is 24.1. The number of hydrogen-bond acceptors (Lipinski definition) is 4. The third-order valence-electron chi connectivity index (χ3n) is 4.21. The molecule has 0 radical (unpaired) electrons. The predicted octanol–water partition coefficient (Wildman–Crippen LogP) is 4.00. The molecule has 4 nitrogen and oxygen atoms in total. The lowest BCUT2D eigenvalue weighted by atomic mass is 10.1. The van der Waals surface area contributed by atoms with E-state index in [1.165, 1.54) is 12.1 Å². The largest absolute Gasteiger partial charge is 0.378 e. The van der Waals surface area contributed by atoms with Crippen molar-refractivity contribution in [1.29, 1.82) is 0 Å². The molecule has 0 saturated carbocycles. The number of ether oxygens (including phenoxy) is 1. The van der Waals surface area contributed by atoms with Gasteiger partial charge in [0.2, 0.25) is 11.7 Å².